The van der Waals surface area contributed by atoms with Crippen LogP contribution in [-0.2, 0) is 11.3 Å². The van der Waals surface area contributed by atoms with Crippen molar-refractivity contribution in [1.29, 1.82) is 0 Å². The van der Waals surface area contributed by atoms with Crippen molar-refractivity contribution in [3.8, 4) is 0 Å². The van der Waals surface area contributed by atoms with Gasteiger partial charge in [-0.15, -0.1) is 11.3 Å². The SMILES string of the molecule is C/C(=N\NC(=O)CCn1c2ccccc2c2ccccc21)c1ccc(Br)s1. The number of thiophene rings is 1. The predicted molar refractivity (Wildman–Crippen MR) is 116 cm³/mol. The first kappa shape index (κ1) is 17.9. The Morgan fingerprint density at radius 1 is 1.04 bits per heavy atom. The van der Waals surface area contributed by atoms with Crippen LogP contribution in [0.25, 0.3) is 21.8 Å². The number of hydrazone groups is 1. The predicted octanol–water partition coefficient (Wildman–Crippen LogP) is 5.55. The maximum Gasteiger partial charge on any atom is 0.241 e. The molecule has 0 aliphatic carbocycles. The fraction of sp³-hybridized carbons (Fsp3) is 0.143. The van der Waals surface area contributed by atoms with Crippen LogP contribution in [-0.4, -0.2) is 16.2 Å². The fourth-order valence-electron chi connectivity index (χ4n) is 3.22. The first-order valence-corrected chi connectivity index (χ1v) is 10.3. The lowest BCUT2D eigenvalue weighted by Gasteiger charge is -2.07. The van der Waals surface area contributed by atoms with E-state index in [1.165, 1.54) is 10.8 Å². The number of amides is 1. The molecule has 0 aliphatic rings. The molecule has 1 N–H and O–H groups in total. The quantitative estimate of drug-likeness (QED) is 0.321. The van der Waals surface area contributed by atoms with Gasteiger partial charge in [-0.25, -0.2) is 5.43 Å². The summed E-state index contributed by atoms with van der Waals surface area (Å²) < 4.78 is 3.25. The largest absolute Gasteiger partial charge is 0.340 e. The van der Waals surface area contributed by atoms with Gasteiger partial charge in [-0.2, -0.15) is 5.10 Å². The Morgan fingerprint density at radius 3 is 2.26 bits per heavy atom. The van der Waals surface area contributed by atoms with Crippen molar-refractivity contribution < 1.29 is 4.79 Å². The Balaban J connectivity index is 1.50. The number of para-hydroxylation sites is 2. The summed E-state index contributed by atoms with van der Waals surface area (Å²) in [6.45, 7) is 2.50. The first-order valence-electron chi connectivity index (χ1n) is 8.68. The highest BCUT2D eigenvalue weighted by Crippen LogP contribution is 2.28. The molecule has 2 heterocycles. The van der Waals surface area contributed by atoms with Crippen molar-refractivity contribution in [1.82, 2.24) is 9.99 Å². The van der Waals surface area contributed by atoms with Gasteiger partial charge in [-0.05, 0) is 47.1 Å². The molecule has 0 aliphatic heterocycles. The summed E-state index contributed by atoms with van der Waals surface area (Å²) in [5.41, 5.74) is 5.77. The third-order valence-corrected chi connectivity index (χ3v) is 6.25. The highest BCUT2D eigenvalue weighted by Gasteiger charge is 2.11. The number of carbonyl (C=O) groups excluding carboxylic acids is 1. The van der Waals surface area contributed by atoms with Gasteiger partial charge in [0, 0.05) is 34.8 Å². The molecule has 0 unspecified atom stereocenters. The molecule has 0 atom stereocenters. The van der Waals surface area contributed by atoms with Crippen LogP contribution in [0.2, 0.25) is 0 Å². The highest BCUT2D eigenvalue weighted by atomic mass is 79.9. The molecule has 1 amide bonds. The first-order chi connectivity index (χ1) is 13.1. The maximum absolute atomic E-state index is 12.3. The molecule has 6 heteroatoms. The smallest absolute Gasteiger partial charge is 0.241 e. The number of hydrogen-bond donors (Lipinski definition) is 1. The van der Waals surface area contributed by atoms with Crippen LogP contribution in [0.3, 0.4) is 0 Å². The summed E-state index contributed by atoms with van der Waals surface area (Å²) in [6.07, 6.45) is 0.369. The van der Waals surface area contributed by atoms with Crippen LogP contribution >= 0.6 is 27.3 Å². The van der Waals surface area contributed by atoms with Crippen LogP contribution in [0.5, 0.6) is 0 Å². The second-order valence-corrected chi connectivity index (χ2v) is 8.73. The van der Waals surface area contributed by atoms with Crippen LogP contribution in [0.4, 0.5) is 0 Å². The average Bonchev–Trinajstić information content (AvgIpc) is 3.26. The number of rotatable bonds is 5. The van der Waals surface area contributed by atoms with E-state index in [2.05, 4.69) is 55.3 Å². The number of aryl methyl sites for hydroxylation is 1. The molecule has 0 saturated heterocycles. The van der Waals surface area contributed by atoms with E-state index < -0.39 is 0 Å². The summed E-state index contributed by atoms with van der Waals surface area (Å²) in [4.78, 5) is 13.3. The molecular weight excluding hydrogens is 422 g/mol. The molecule has 136 valence electrons. The Kier molecular flexibility index (Phi) is 5.09. The number of nitrogens with one attached hydrogen (secondary N) is 1. The van der Waals surface area contributed by atoms with Gasteiger partial charge in [0.25, 0.3) is 0 Å². The Hall–Kier alpha value is -2.44. The lowest BCUT2D eigenvalue weighted by Crippen LogP contribution is -2.20. The van der Waals surface area contributed by atoms with E-state index in [0.29, 0.717) is 13.0 Å². The van der Waals surface area contributed by atoms with Gasteiger partial charge in [-0.1, -0.05) is 36.4 Å². The Morgan fingerprint density at radius 2 is 1.67 bits per heavy atom. The summed E-state index contributed by atoms with van der Waals surface area (Å²) in [5, 5.41) is 6.66. The molecule has 0 spiro atoms. The zero-order valence-electron chi connectivity index (χ0n) is 14.8. The second kappa shape index (κ2) is 7.66. The number of benzene rings is 2. The second-order valence-electron chi connectivity index (χ2n) is 6.27. The molecule has 0 saturated carbocycles. The zero-order chi connectivity index (χ0) is 18.8. The highest BCUT2D eigenvalue weighted by molar-refractivity contribution is 9.11. The molecular formula is C21H18BrN3OS. The van der Waals surface area contributed by atoms with E-state index in [9.17, 15) is 4.79 Å². The van der Waals surface area contributed by atoms with Crippen molar-refractivity contribution in [2.24, 2.45) is 5.10 Å². The van der Waals surface area contributed by atoms with Gasteiger partial charge in [0.1, 0.15) is 0 Å². The number of aromatic nitrogens is 1. The number of hydrogen-bond acceptors (Lipinski definition) is 3. The van der Waals surface area contributed by atoms with E-state index in [-0.39, 0.29) is 5.91 Å². The third-order valence-electron chi connectivity index (χ3n) is 4.52. The lowest BCUT2D eigenvalue weighted by atomic mass is 10.2. The minimum absolute atomic E-state index is 0.0909. The zero-order valence-corrected chi connectivity index (χ0v) is 17.2. The van der Waals surface area contributed by atoms with Crippen molar-refractivity contribution in [2.45, 2.75) is 19.9 Å². The number of carbonyl (C=O) groups is 1. The van der Waals surface area contributed by atoms with Gasteiger partial charge in [0.2, 0.25) is 5.91 Å². The van der Waals surface area contributed by atoms with Crippen LogP contribution in [0.15, 0.2) is 69.6 Å². The standard InChI is InChI=1S/C21H18BrN3OS/c1-14(19-10-11-20(22)27-19)23-24-21(26)12-13-25-17-8-4-2-6-15(17)16-7-3-5-9-18(16)25/h2-11H,12-13H2,1H3,(H,24,26)/b23-14+. The molecule has 4 aromatic rings. The minimum atomic E-state index is -0.0909. The number of fused-ring (bicyclic) bond motifs is 3. The molecule has 4 rings (SSSR count). The minimum Gasteiger partial charge on any atom is -0.340 e. The monoisotopic (exact) mass is 439 g/mol. The Labute approximate surface area is 169 Å². The normalized spacial score (nSPS) is 12.0. The molecule has 0 fully saturated rings. The van der Waals surface area contributed by atoms with Crippen molar-refractivity contribution in [3.05, 3.63) is 69.3 Å². The van der Waals surface area contributed by atoms with E-state index >= 15 is 0 Å². The van der Waals surface area contributed by atoms with Crippen molar-refractivity contribution in [3.63, 3.8) is 0 Å². The summed E-state index contributed by atoms with van der Waals surface area (Å²) in [5.74, 6) is -0.0909. The topological polar surface area (TPSA) is 46.4 Å². The van der Waals surface area contributed by atoms with E-state index in [1.807, 2.05) is 43.3 Å². The molecule has 2 aromatic heterocycles. The van der Waals surface area contributed by atoms with Gasteiger partial charge < -0.3 is 4.57 Å². The Bertz CT molecular complexity index is 1110. The summed E-state index contributed by atoms with van der Waals surface area (Å²) >= 11 is 5.03. The van der Waals surface area contributed by atoms with Gasteiger partial charge in [-0.3, -0.25) is 4.79 Å². The fourth-order valence-corrected chi connectivity index (χ4v) is 4.55. The molecule has 27 heavy (non-hydrogen) atoms. The number of halogens is 1. The lowest BCUT2D eigenvalue weighted by molar-refractivity contribution is -0.121. The molecule has 0 bridgehead atoms. The average molecular weight is 440 g/mol. The van der Waals surface area contributed by atoms with Crippen LogP contribution < -0.4 is 5.43 Å². The van der Waals surface area contributed by atoms with E-state index in [4.69, 9.17) is 0 Å². The third kappa shape index (κ3) is 3.68. The molecule has 4 nitrogen and oxygen atoms in total. The maximum atomic E-state index is 12.3. The number of nitrogens with zero attached hydrogens (tertiary/aromatic N) is 2. The van der Waals surface area contributed by atoms with Crippen LogP contribution in [0, 0.1) is 0 Å². The van der Waals surface area contributed by atoms with Crippen LogP contribution in [0.1, 0.15) is 18.2 Å². The van der Waals surface area contributed by atoms with E-state index in [0.717, 1.165) is 25.4 Å². The van der Waals surface area contributed by atoms with Crippen molar-refractivity contribution in [2.75, 3.05) is 0 Å². The van der Waals surface area contributed by atoms with Gasteiger partial charge >= 0.3 is 0 Å². The van der Waals surface area contributed by atoms with E-state index in [1.54, 1.807) is 11.3 Å². The van der Waals surface area contributed by atoms with Gasteiger partial charge in [0.05, 0.1) is 14.4 Å². The van der Waals surface area contributed by atoms with Gasteiger partial charge in [0.15, 0.2) is 0 Å². The molecule has 2 aromatic carbocycles. The summed E-state index contributed by atoms with van der Waals surface area (Å²) in [6, 6.07) is 20.6. The molecule has 0 radical (unpaired) electrons. The summed E-state index contributed by atoms with van der Waals surface area (Å²) in [7, 11) is 0. The van der Waals surface area contributed by atoms with Crippen molar-refractivity contribution >= 4 is 60.7 Å².